The third-order valence-electron chi connectivity index (χ3n) is 3.31. The maximum atomic E-state index is 11.1. The zero-order valence-corrected chi connectivity index (χ0v) is 10.9. The summed E-state index contributed by atoms with van der Waals surface area (Å²) in [5.41, 5.74) is 2.27. The molecule has 0 bridgehead atoms. The molecule has 1 aromatic carbocycles. The van der Waals surface area contributed by atoms with Gasteiger partial charge in [0.05, 0.1) is 4.92 Å². The molecule has 0 aliphatic carbocycles. The Balaban J connectivity index is 2.00. The third-order valence-corrected chi connectivity index (χ3v) is 3.31. The molecule has 1 aliphatic heterocycles. The number of rotatable bonds is 3. The minimum Gasteiger partial charge on any atom is -0.357 e. The third kappa shape index (κ3) is 2.03. The number of aromatic nitrogens is 2. The summed E-state index contributed by atoms with van der Waals surface area (Å²) < 4.78 is 0. The van der Waals surface area contributed by atoms with E-state index in [0.29, 0.717) is 24.9 Å². The Kier molecular flexibility index (Phi) is 2.94. The van der Waals surface area contributed by atoms with Crippen LogP contribution in [-0.4, -0.2) is 21.9 Å². The second-order valence-electron chi connectivity index (χ2n) is 4.53. The van der Waals surface area contributed by atoms with Crippen LogP contribution in [0.4, 0.5) is 17.5 Å². The molecule has 0 fully saturated rings. The molecule has 7 heteroatoms. The molecular formula is C13H13N5O2. The number of hydrogen-bond donors (Lipinski definition) is 1. The van der Waals surface area contributed by atoms with Gasteiger partial charge in [0.2, 0.25) is 11.8 Å². The molecule has 0 radical (unpaired) electrons. The van der Waals surface area contributed by atoms with E-state index in [4.69, 9.17) is 0 Å². The zero-order valence-electron chi connectivity index (χ0n) is 10.9. The molecule has 0 unspecified atom stereocenters. The van der Waals surface area contributed by atoms with Crippen LogP contribution in [0.15, 0.2) is 30.5 Å². The molecule has 20 heavy (non-hydrogen) atoms. The molecule has 0 atom stereocenters. The van der Waals surface area contributed by atoms with Crippen molar-refractivity contribution in [2.24, 2.45) is 0 Å². The molecule has 1 aliphatic rings. The van der Waals surface area contributed by atoms with Gasteiger partial charge in [-0.3, -0.25) is 10.1 Å². The van der Waals surface area contributed by atoms with Crippen molar-refractivity contribution in [1.82, 2.24) is 9.97 Å². The summed E-state index contributed by atoms with van der Waals surface area (Å²) >= 11 is 0. The predicted molar refractivity (Wildman–Crippen MR) is 74.6 cm³/mol. The van der Waals surface area contributed by atoms with Gasteiger partial charge in [0.15, 0.2) is 0 Å². The van der Waals surface area contributed by atoms with Gasteiger partial charge in [-0.2, -0.15) is 4.98 Å². The van der Waals surface area contributed by atoms with Crippen molar-refractivity contribution < 1.29 is 4.92 Å². The normalized spacial score (nSPS) is 13.2. The maximum absolute atomic E-state index is 11.1. The molecule has 2 aromatic rings. The average molecular weight is 271 g/mol. The summed E-state index contributed by atoms with van der Waals surface area (Å²) in [5, 5.41) is 13.9. The number of hydrogen-bond acceptors (Lipinski definition) is 6. The molecule has 102 valence electrons. The average Bonchev–Trinajstić information content (AvgIpc) is 2.90. The summed E-state index contributed by atoms with van der Waals surface area (Å²) in [6.45, 7) is 1.24. The first-order chi connectivity index (χ1) is 9.69. The van der Waals surface area contributed by atoms with Gasteiger partial charge in [-0.05, 0) is 11.1 Å². The highest BCUT2D eigenvalue weighted by molar-refractivity contribution is 5.61. The zero-order chi connectivity index (χ0) is 14.1. The van der Waals surface area contributed by atoms with Crippen molar-refractivity contribution in [3.63, 3.8) is 0 Å². The summed E-state index contributed by atoms with van der Waals surface area (Å²) in [6.07, 6.45) is 1.25. The lowest BCUT2D eigenvalue weighted by Gasteiger charge is -2.16. The Morgan fingerprint density at radius 1 is 1.30 bits per heavy atom. The molecule has 0 saturated carbocycles. The maximum Gasteiger partial charge on any atom is 0.329 e. The van der Waals surface area contributed by atoms with Gasteiger partial charge in [0.25, 0.3) is 0 Å². The second kappa shape index (κ2) is 4.76. The minimum absolute atomic E-state index is 0.0724. The van der Waals surface area contributed by atoms with Crippen LogP contribution in [-0.2, 0) is 13.1 Å². The topological polar surface area (TPSA) is 84.2 Å². The van der Waals surface area contributed by atoms with E-state index in [1.165, 1.54) is 17.3 Å². The Bertz CT molecular complexity index is 649. The van der Waals surface area contributed by atoms with Crippen molar-refractivity contribution in [1.29, 1.82) is 0 Å². The van der Waals surface area contributed by atoms with Crippen LogP contribution in [0.1, 0.15) is 11.1 Å². The van der Waals surface area contributed by atoms with Gasteiger partial charge in [0.1, 0.15) is 6.20 Å². The Morgan fingerprint density at radius 3 is 2.50 bits per heavy atom. The summed E-state index contributed by atoms with van der Waals surface area (Å²) in [4.78, 5) is 20.7. The first-order valence-electron chi connectivity index (χ1n) is 6.20. The van der Waals surface area contributed by atoms with E-state index in [0.717, 1.165) is 0 Å². The lowest BCUT2D eigenvalue weighted by atomic mass is 10.1. The molecule has 0 saturated heterocycles. The summed E-state index contributed by atoms with van der Waals surface area (Å²) in [5.74, 6) is 0.729. The quantitative estimate of drug-likeness (QED) is 0.678. The van der Waals surface area contributed by atoms with Gasteiger partial charge in [0, 0.05) is 20.1 Å². The second-order valence-corrected chi connectivity index (χ2v) is 4.53. The van der Waals surface area contributed by atoms with Gasteiger partial charge < -0.3 is 10.2 Å². The largest absolute Gasteiger partial charge is 0.357 e. The Morgan fingerprint density at radius 2 is 1.95 bits per heavy atom. The fourth-order valence-corrected chi connectivity index (χ4v) is 2.33. The van der Waals surface area contributed by atoms with E-state index in [-0.39, 0.29) is 5.69 Å². The Hall–Kier alpha value is -2.70. The number of fused-ring (bicyclic) bond motifs is 1. The van der Waals surface area contributed by atoms with Crippen molar-refractivity contribution in [2.75, 3.05) is 17.3 Å². The monoisotopic (exact) mass is 271 g/mol. The van der Waals surface area contributed by atoms with Crippen molar-refractivity contribution >= 4 is 17.5 Å². The number of benzene rings is 1. The fraction of sp³-hybridized carbons (Fsp3) is 0.231. The SMILES string of the molecule is CNc1ncc([N+](=O)[O-])c(N2Cc3ccccc3C2)n1. The molecule has 2 heterocycles. The van der Waals surface area contributed by atoms with Crippen LogP contribution in [0.25, 0.3) is 0 Å². The number of nitrogens with one attached hydrogen (secondary N) is 1. The van der Waals surface area contributed by atoms with Crippen LogP contribution in [0.2, 0.25) is 0 Å². The van der Waals surface area contributed by atoms with E-state index in [9.17, 15) is 10.1 Å². The van der Waals surface area contributed by atoms with Crippen molar-refractivity contribution in [2.45, 2.75) is 13.1 Å². The fourth-order valence-electron chi connectivity index (χ4n) is 2.33. The van der Waals surface area contributed by atoms with E-state index in [1.807, 2.05) is 29.2 Å². The van der Waals surface area contributed by atoms with E-state index < -0.39 is 4.92 Å². The number of nitrogens with zero attached hydrogens (tertiary/aromatic N) is 4. The molecule has 0 spiro atoms. The lowest BCUT2D eigenvalue weighted by Crippen LogP contribution is -2.18. The van der Waals surface area contributed by atoms with Crippen LogP contribution >= 0.6 is 0 Å². The molecule has 0 amide bonds. The first-order valence-corrected chi connectivity index (χ1v) is 6.20. The highest BCUT2D eigenvalue weighted by Crippen LogP contribution is 2.33. The summed E-state index contributed by atoms with van der Waals surface area (Å²) in [7, 11) is 1.68. The van der Waals surface area contributed by atoms with E-state index >= 15 is 0 Å². The number of nitro groups is 1. The van der Waals surface area contributed by atoms with E-state index in [1.54, 1.807) is 7.05 Å². The smallest absolute Gasteiger partial charge is 0.329 e. The highest BCUT2D eigenvalue weighted by atomic mass is 16.6. The van der Waals surface area contributed by atoms with E-state index in [2.05, 4.69) is 15.3 Å². The highest BCUT2D eigenvalue weighted by Gasteiger charge is 2.27. The van der Waals surface area contributed by atoms with Gasteiger partial charge in [-0.1, -0.05) is 24.3 Å². The van der Waals surface area contributed by atoms with Crippen LogP contribution in [0, 0.1) is 10.1 Å². The van der Waals surface area contributed by atoms with Crippen LogP contribution < -0.4 is 10.2 Å². The minimum atomic E-state index is -0.447. The first kappa shape index (κ1) is 12.3. The van der Waals surface area contributed by atoms with Crippen molar-refractivity contribution in [3.05, 3.63) is 51.7 Å². The number of anilines is 2. The predicted octanol–water partition coefficient (Wildman–Crippen LogP) is 1.95. The molecular weight excluding hydrogens is 258 g/mol. The standard InChI is InChI=1S/C13H13N5O2/c1-14-13-15-6-11(18(19)20)12(16-13)17-7-9-4-2-3-5-10(9)8-17/h2-6H,7-8H2,1H3,(H,14,15,16). The summed E-state index contributed by atoms with van der Waals surface area (Å²) in [6, 6.07) is 7.99. The van der Waals surface area contributed by atoms with Crippen LogP contribution in [0.3, 0.4) is 0 Å². The van der Waals surface area contributed by atoms with Gasteiger partial charge in [-0.15, -0.1) is 0 Å². The lowest BCUT2D eigenvalue weighted by molar-refractivity contribution is -0.384. The van der Waals surface area contributed by atoms with Gasteiger partial charge in [-0.25, -0.2) is 4.98 Å². The van der Waals surface area contributed by atoms with Crippen LogP contribution in [0.5, 0.6) is 0 Å². The molecule has 1 aromatic heterocycles. The van der Waals surface area contributed by atoms with Crippen molar-refractivity contribution in [3.8, 4) is 0 Å². The van der Waals surface area contributed by atoms with Gasteiger partial charge >= 0.3 is 5.69 Å². The molecule has 1 N–H and O–H groups in total. The Labute approximate surface area is 115 Å². The molecule has 7 nitrogen and oxygen atoms in total. The molecule has 3 rings (SSSR count).